The Balaban J connectivity index is 1.81. The molecule has 0 saturated carbocycles. The highest BCUT2D eigenvalue weighted by atomic mass is 19.3. The third-order valence-electron chi connectivity index (χ3n) is 2.97. The first-order chi connectivity index (χ1) is 8.58. The molecule has 1 rings (SSSR count). The lowest BCUT2D eigenvalue weighted by Gasteiger charge is -2.26. The smallest absolute Gasteiger partial charge is 0.268 e. The molecule has 3 nitrogen and oxygen atoms in total. The molecule has 1 aliphatic rings. The van der Waals surface area contributed by atoms with Gasteiger partial charge in [-0.2, -0.15) is 0 Å². The van der Waals surface area contributed by atoms with Crippen molar-refractivity contribution in [2.75, 3.05) is 46.1 Å². The molecule has 0 radical (unpaired) electrons. The topological polar surface area (TPSA) is 21.7 Å². The van der Waals surface area contributed by atoms with Gasteiger partial charge in [0.25, 0.3) is 5.92 Å². The van der Waals surface area contributed by atoms with E-state index in [-0.39, 0.29) is 0 Å². The Labute approximate surface area is 108 Å². The summed E-state index contributed by atoms with van der Waals surface area (Å²) >= 11 is 0. The first-order valence-corrected chi connectivity index (χ1v) is 6.83. The second-order valence-corrected chi connectivity index (χ2v) is 4.99. The fraction of sp³-hybridized carbons (Fsp3) is 1.00. The second-order valence-electron chi connectivity index (χ2n) is 4.99. The van der Waals surface area contributed by atoms with Crippen LogP contribution in [0.4, 0.5) is 8.78 Å². The molecule has 0 unspecified atom stereocenters. The van der Waals surface area contributed by atoms with E-state index in [1.165, 1.54) is 6.42 Å². The van der Waals surface area contributed by atoms with Crippen LogP contribution in [0.5, 0.6) is 0 Å². The van der Waals surface area contributed by atoms with E-state index in [2.05, 4.69) is 4.90 Å². The number of nitrogens with zero attached hydrogens (tertiary/aromatic N) is 1. The third-order valence-corrected chi connectivity index (χ3v) is 2.97. The summed E-state index contributed by atoms with van der Waals surface area (Å²) in [7, 11) is 0. The Bertz CT molecular complexity index is 204. The van der Waals surface area contributed by atoms with Gasteiger partial charge in [-0.15, -0.1) is 0 Å². The summed E-state index contributed by atoms with van der Waals surface area (Å²) in [5.41, 5.74) is 0. The van der Waals surface area contributed by atoms with E-state index in [4.69, 9.17) is 9.47 Å². The van der Waals surface area contributed by atoms with Crippen molar-refractivity contribution in [1.82, 2.24) is 4.90 Å². The summed E-state index contributed by atoms with van der Waals surface area (Å²) in [5.74, 6) is -2.70. The molecule has 0 aromatic carbocycles. The van der Waals surface area contributed by atoms with Crippen LogP contribution in [0.15, 0.2) is 0 Å². The molecule has 0 atom stereocenters. The molecule has 1 aliphatic heterocycles. The quantitative estimate of drug-likeness (QED) is 0.598. The average molecular weight is 265 g/mol. The van der Waals surface area contributed by atoms with Gasteiger partial charge in [0.15, 0.2) is 0 Å². The van der Waals surface area contributed by atoms with Gasteiger partial charge in [-0.1, -0.05) is 12.8 Å². The minimum absolute atomic E-state index is 0.445. The van der Waals surface area contributed by atoms with Crippen LogP contribution in [0.25, 0.3) is 0 Å². The largest absolute Gasteiger partial charge is 0.379 e. The number of morpholine rings is 1. The van der Waals surface area contributed by atoms with Crippen LogP contribution in [0, 0.1) is 0 Å². The molecule has 1 saturated heterocycles. The minimum Gasteiger partial charge on any atom is -0.379 e. The number of hydrogen-bond donors (Lipinski definition) is 0. The van der Waals surface area contributed by atoms with Gasteiger partial charge in [0.1, 0.15) is 6.61 Å². The van der Waals surface area contributed by atoms with Crippen molar-refractivity contribution in [1.29, 1.82) is 0 Å². The summed E-state index contributed by atoms with van der Waals surface area (Å²) in [6, 6.07) is 0. The Morgan fingerprint density at radius 3 is 2.44 bits per heavy atom. The molecule has 0 bridgehead atoms. The maximum atomic E-state index is 12.4. The third kappa shape index (κ3) is 8.78. The van der Waals surface area contributed by atoms with Crippen LogP contribution < -0.4 is 0 Å². The van der Waals surface area contributed by atoms with Crippen LogP contribution in [0.2, 0.25) is 0 Å². The van der Waals surface area contributed by atoms with E-state index in [1.807, 2.05) is 0 Å². The zero-order chi connectivity index (χ0) is 13.3. The molecule has 108 valence electrons. The fourth-order valence-corrected chi connectivity index (χ4v) is 1.97. The normalized spacial score (nSPS) is 18.2. The maximum absolute atomic E-state index is 12.4. The van der Waals surface area contributed by atoms with E-state index in [0.29, 0.717) is 6.61 Å². The summed E-state index contributed by atoms with van der Waals surface area (Å²) in [6.45, 7) is 5.76. The van der Waals surface area contributed by atoms with Gasteiger partial charge in [0, 0.05) is 26.6 Å². The van der Waals surface area contributed by atoms with Crippen LogP contribution in [-0.2, 0) is 9.47 Å². The molecule has 5 heteroatoms. The SMILES string of the molecule is CC(F)(F)COCCCCCCN1CCOCC1. The van der Waals surface area contributed by atoms with Crippen molar-refractivity contribution in [2.24, 2.45) is 0 Å². The molecule has 18 heavy (non-hydrogen) atoms. The number of ether oxygens (including phenoxy) is 2. The van der Waals surface area contributed by atoms with Crippen LogP contribution in [-0.4, -0.2) is 56.9 Å². The predicted molar refractivity (Wildman–Crippen MR) is 67.2 cm³/mol. The van der Waals surface area contributed by atoms with Gasteiger partial charge in [-0.3, -0.25) is 4.90 Å². The second kappa shape index (κ2) is 8.77. The Kier molecular flexibility index (Phi) is 7.70. The Morgan fingerprint density at radius 1 is 1.11 bits per heavy atom. The van der Waals surface area contributed by atoms with E-state index in [0.717, 1.165) is 59.0 Å². The fourth-order valence-electron chi connectivity index (χ4n) is 1.97. The van der Waals surface area contributed by atoms with Gasteiger partial charge in [0.2, 0.25) is 0 Å². The lowest BCUT2D eigenvalue weighted by molar-refractivity contribution is -0.0629. The van der Waals surface area contributed by atoms with Gasteiger partial charge < -0.3 is 9.47 Å². The van der Waals surface area contributed by atoms with Crippen LogP contribution >= 0.6 is 0 Å². The Hall–Kier alpha value is -0.260. The predicted octanol–water partition coefficient (Wildman–Crippen LogP) is 2.55. The number of alkyl halides is 2. The number of halogens is 2. The first-order valence-electron chi connectivity index (χ1n) is 6.83. The summed E-state index contributed by atoms with van der Waals surface area (Å²) < 4.78 is 35.0. The molecule has 0 amide bonds. The average Bonchev–Trinajstić information content (AvgIpc) is 2.32. The van der Waals surface area contributed by atoms with Crippen molar-refractivity contribution in [3.05, 3.63) is 0 Å². The zero-order valence-electron chi connectivity index (χ0n) is 11.3. The van der Waals surface area contributed by atoms with Crippen LogP contribution in [0.3, 0.4) is 0 Å². The Morgan fingerprint density at radius 2 is 1.78 bits per heavy atom. The van der Waals surface area contributed by atoms with E-state index in [9.17, 15) is 8.78 Å². The van der Waals surface area contributed by atoms with Gasteiger partial charge in [-0.05, 0) is 19.4 Å². The summed E-state index contributed by atoms with van der Waals surface area (Å²) in [4.78, 5) is 2.41. The van der Waals surface area contributed by atoms with E-state index >= 15 is 0 Å². The number of hydrogen-bond acceptors (Lipinski definition) is 3. The molecular formula is C13H25F2NO2. The van der Waals surface area contributed by atoms with Crippen LogP contribution in [0.1, 0.15) is 32.6 Å². The van der Waals surface area contributed by atoms with Crippen molar-refractivity contribution in [3.63, 3.8) is 0 Å². The lowest BCUT2D eigenvalue weighted by atomic mass is 10.2. The van der Waals surface area contributed by atoms with Gasteiger partial charge in [-0.25, -0.2) is 8.78 Å². The van der Waals surface area contributed by atoms with Gasteiger partial charge >= 0.3 is 0 Å². The number of rotatable bonds is 9. The molecule has 0 spiro atoms. The molecule has 1 fully saturated rings. The molecular weight excluding hydrogens is 240 g/mol. The molecule has 1 heterocycles. The summed E-state index contributed by atoms with van der Waals surface area (Å²) in [6.07, 6.45) is 4.24. The highest BCUT2D eigenvalue weighted by Crippen LogP contribution is 2.12. The lowest BCUT2D eigenvalue weighted by Crippen LogP contribution is -2.36. The van der Waals surface area contributed by atoms with E-state index in [1.54, 1.807) is 0 Å². The van der Waals surface area contributed by atoms with Crippen molar-refractivity contribution >= 4 is 0 Å². The van der Waals surface area contributed by atoms with Gasteiger partial charge in [0.05, 0.1) is 13.2 Å². The molecule has 0 aromatic rings. The first kappa shape index (κ1) is 15.8. The molecule has 0 aliphatic carbocycles. The minimum atomic E-state index is -2.70. The molecule has 0 N–H and O–H groups in total. The maximum Gasteiger partial charge on any atom is 0.268 e. The standard InChI is InChI=1S/C13H25F2NO2/c1-13(14,15)12-18-9-5-3-2-4-6-16-7-10-17-11-8-16/h2-12H2,1H3. The summed E-state index contributed by atoms with van der Waals surface area (Å²) in [5, 5.41) is 0. The highest BCUT2D eigenvalue weighted by Gasteiger charge is 2.20. The highest BCUT2D eigenvalue weighted by molar-refractivity contribution is 4.61. The van der Waals surface area contributed by atoms with Crippen molar-refractivity contribution in [2.45, 2.75) is 38.5 Å². The molecule has 0 aromatic heterocycles. The van der Waals surface area contributed by atoms with Crippen molar-refractivity contribution < 1.29 is 18.3 Å². The monoisotopic (exact) mass is 265 g/mol. The zero-order valence-corrected chi connectivity index (χ0v) is 11.3. The van der Waals surface area contributed by atoms with Crippen molar-refractivity contribution in [3.8, 4) is 0 Å². The number of unbranched alkanes of at least 4 members (excludes halogenated alkanes) is 3. The van der Waals surface area contributed by atoms with E-state index < -0.39 is 12.5 Å².